The molecule has 0 saturated carbocycles. The highest BCUT2D eigenvalue weighted by Gasteiger charge is 2.20. The number of nitrogens with zero attached hydrogens (tertiary/aromatic N) is 1. The number of likely N-dealkylation sites (tertiary alicyclic amines) is 1. The number of hydrogen-bond donors (Lipinski definition) is 3. The number of likely N-dealkylation sites (N-methyl/N-ethyl adjacent to an activating group) is 1. The summed E-state index contributed by atoms with van der Waals surface area (Å²) in [5.41, 5.74) is 4.83. The van der Waals surface area contributed by atoms with Crippen LogP contribution in [0.4, 0.5) is 4.79 Å². The van der Waals surface area contributed by atoms with E-state index < -0.39 is 6.03 Å². The van der Waals surface area contributed by atoms with Crippen LogP contribution in [0.2, 0.25) is 0 Å². The third-order valence-electron chi connectivity index (χ3n) is 2.60. The molecule has 1 saturated heterocycles. The fourth-order valence-corrected chi connectivity index (χ4v) is 1.73. The predicted octanol–water partition coefficient (Wildman–Crippen LogP) is -0.713. The van der Waals surface area contributed by atoms with Gasteiger partial charge in [0.2, 0.25) is 5.91 Å². The van der Waals surface area contributed by atoms with E-state index in [2.05, 4.69) is 10.2 Å². The van der Waals surface area contributed by atoms with Crippen molar-refractivity contribution in [1.29, 1.82) is 0 Å². The number of nitrogens with one attached hydrogen (secondary N) is 2. The van der Waals surface area contributed by atoms with Crippen LogP contribution in [0.3, 0.4) is 0 Å². The molecular weight excluding hydrogens is 232 g/mol. The zero-order valence-corrected chi connectivity index (χ0v) is 10.2. The van der Waals surface area contributed by atoms with Crippen LogP contribution in [-0.2, 0) is 4.79 Å². The maximum atomic E-state index is 11.1. The lowest BCUT2D eigenvalue weighted by Gasteiger charge is -2.14. The minimum Gasteiger partial charge on any atom is -0.351 e. The number of primary amides is 1. The van der Waals surface area contributed by atoms with Gasteiger partial charge in [0.15, 0.2) is 0 Å². The molecule has 94 valence electrons. The molecule has 1 rings (SSSR count). The monoisotopic (exact) mass is 250 g/mol. The van der Waals surface area contributed by atoms with Gasteiger partial charge in [-0.3, -0.25) is 10.1 Å². The van der Waals surface area contributed by atoms with Gasteiger partial charge in [0.25, 0.3) is 0 Å². The van der Waals surface area contributed by atoms with Crippen LogP contribution in [0.15, 0.2) is 0 Å². The summed E-state index contributed by atoms with van der Waals surface area (Å²) in [7, 11) is 1.94. The summed E-state index contributed by atoms with van der Waals surface area (Å²) in [5.74, 6) is -0.310. The van der Waals surface area contributed by atoms with Crippen molar-refractivity contribution in [3.8, 4) is 0 Å². The molecule has 1 heterocycles. The van der Waals surface area contributed by atoms with E-state index in [1.807, 2.05) is 12.4 Å². The highest BCUT2D eigenvalue weighted by molar-refractivity contribution is 5.93. The van der Waals surface area contributed by atoms with Gasteiger partial charge in [-0.15, -0.1) is 12.4 Å². The molecule has 0 aliphatic carbocycles. The Labute approximate surface area is 101 Å². The molecule has 0 bridgehead atoms. The van der Waals surface area contributed by atoms with E-state index in [0.29, 0.717) is 19.0 Å². The molecule has 0 spiro atoms. The molecule has 3 amide bonds. The summed E-state index contributed by atoms with van der Waals surface area (Å²) < 4.78 is 0. The molecule has 7 heteroatoms. The number of rotatable bonds is 4. The minimum atomic E-state index is -0.783. The lowest BCUT2D eigenvalue weighted by molar-refractivity contribution is -0.120. The van der Waals surface area contributed by atoms with Crippen molar-refractivity contribution in [2.24, 2.45) is 5.73 Å². The first kappa shape index (κ1) is 15.2. The van der Waals surface area contributed by atoms with Crippen molar-refractivity contribution in [2.45, 2.75) is 18.9 Å². The van der Waals surface area contributed by atoms with Crippen molar-refractivity contribution in [3.63, 3.8) is 0 Å². The summed E-state index contributed by atoms with van der Waals surface area (Å²) in [4.78, 5) is 23.7. The number of imide groups is 1. The van der Waals surface area contributed by atoms with Crippen LogP contribution in [0, 0.1) is 0 Å². The first-order valence-electron chi connectivity index (χ1n) is 5.10. The fourth-order valence-electron chi connectivity index (χ4n) is 1.73. The van der Waals surface area contributed by atoms with Crippen molar-refractivity contribution in [1.82, 2.24) is 15.5 Å². The molecule has 1 fully saturated rings. The Balaban J connectivity index is 0.00000225. The Kier molecular flexibility index (Phi) is 7.03. The van der Waals surface area contributed by atoms with Gasteiger partial charge in [-0.05, 0) is 20.0 Å². The van der Waals surface area contributed by atoms with Gasteiger partial charge in [-0.1, -0.05) is 0 Å². The third-order valence-corrected chi connectivity index (χ3v) is 2.60. The van der Waals surface area contributed by atoms with E-state index in [9.17, 15) is 9.59 Å². The topological polar surface area (TPSA) is 87.5 Å². The lowest BCUT2D eigenvalue weighted by atomic mass is 10.3. The van der Waals surface area contributed by atoms with Gasteiger partial charge >= 0.3 is 6.03 Å². The molecule has 0 aromatic carbocycles. The van der Waals surface area contributed by atoms with Crippen molar-refractivity contribution >= 4 is 24.3 Å². The summed E-state index contributed by atoms with van der Waals surface area (Å²) in [6.45, 7) is 2.63. The Morgan fingerprint density at radius 3 is 2.69 bits per heavy atom. The van der Waals surface area contributed by atoms with Gasteiger partial charge in [0.05, 0.1) is 0 Å². The zero-order valence-electron chi connectivity index (χ0n) is 9.36. The summed E-state index contributed by atoms with van der Waals surface area (Å²) >= 11 is 0. The molecule has 16 heavy (non-hydrogen) atoms. The number of halogens is 1. The number of urea groups is 1. The van der Waals surface area contributed by atoms with Crippen LogP contribution in [-0.4, -0.2) is 49.6 Å². The first-order valence-corrected chi connectivity index (χ1v) is 5.10. The quantitative estimate of drug-likeness (QED) is 0.615. The summed E-state index contributed by atoms with van der Waals surface area (Å²) in [5, 5.41) is 5.25. The molecule has 6 nitrogen and oxygen atoms in total. The number of amides is 3. The van der Waals surface area contributed by atoms with Crippen molar-refractivity contribution in [3.05, 3.63) is 0 Å². The molecular formula is C9H19ClN4O2. The molecule has 0 aromatic heterocycles. The maximum Gasteiger partial charge on any atom is 0.318 e. The molecule has 0 aromatic rings. The van der Waals surface area contributed by atoms with Gasteiger partial charge < -0.3 is 16.0 Å². The summed E-state index contributed by atoms with van der Waals surface area (Å²) in [6, 6.07) is -0.265. The highest BCUT2D eigenvalue weighted by atomic mass is 35.5. The Bertz CT molecular complexity index is 250. The van der Waals surface area contributed by atoms with Crippen LogP contribution in [0.25, 0.3) is 0 Å². The van der Waals surface area contributed by atoms with Crippen LogP contribution in [0.1, 0.15) is 12.8 Å². The van der Waals surface area contributed by atoms with E-state index in [-0.39, 0.29) is 18.3 Å². The Morgan fingerprint density at radius 2 is 2.19 bits per heavy atom. The second-order valence-corrected chi connectivity index (χ2v) is 3.74. The fraction of sp³-hybridized carbons (Fsp3) is 0.778. The smallest absolute Gasteiger partial charge is 0.318 e. The van der Waals surface area contributed by atoms with Crippen molar-refractivity contribution in [2.75, 3.05) is 26.7 Å². The second kappa shape index (κ2) is 7.43. The molecule has 1 atom stereocenters. The van der Waals surface area contributed by atoms with Gasteiger partial charge in [0, 0.05) is 25.6 Å². The van der Waals surface area contributed by atoms with E-state index in [4.69, 9.17) is 5.73 Å². The van der Waals surface area contributed by atoms with E-state index in [1.54, 1.807) is 0 Å². The summed E-state index contributed by atoms with van der Waals surface area (Å²) in [6.07, 6.45) is 1.42. The molecule has 1 aliphatic heterocycles. The lowest BCUT2D eigenvalue weighted by Crippen LogP contribution is -2.37. The first-order chi connectivity index (χ1) is 7.11. The average Bonchev–Trinajstić information content (AvgIpc) is 2.61. The van der Waals surface area contributed by atoms with Gasteiger partial charge in [-0.2, -0.15) is 0 Å². The third kappa shape index (κ3) is 5.29. The van der Waals surface area contributed by atoms with E-state index in [0.717, 1.165) is 19.5 Å². The number of nitrogens with two attached hydrogens (primary N) is 1. The predicted molar refractivity (Wildman–Crippen MR) is 63.5 cm³/mol. The van der Waals surface area contributed by atoms with Crippen LogP contribution < -0.4 is 16.4 Å². The molecule has 4 N–H and O–H groups in total. The maximum absolute atomic E-state index is 11.1. The SMILES string of the molecule is CNC1CCN(CCC(=O)NC(N)=O)C1.Cl. The Morgan fingerprint density at radius 1 is 1.50 bits per heavy atom. The highest BCUT2D eigenvalue weighted by Crippen LogP contribution is 2.08. The standard InChI is InChI=1S/C9H18N4O2.ClH/c1-11-7-2-4-13(6-7)5-3-8(14)12-9(10)15;/h7,11H,2-6H2,1H3,(H3,10,12,14,15);1H. The number of carbonyl (C=O) groups excluding carboxylic acids is 2. The second-order valence-electron chi connectivity index (χ2n) is 3.74. The van der Waals surface area contributed by atoms with E-state index in [1.165, 1.54) is 0 Å². The van der Waals surface area contributed by atoms with Gasteiger partial charge in [-0.25, -0.2) is 4.79 Å². The van der Waals surface area contributed by atoms with Gasteiger partial charge in [0.1, 0.15) is 0 Å². The number of hydrogen-bond acceptors (Lipinski definition) is 4. The minimum absolute atomic E-state index is 0. The average molecular weight is 251 g/mol. The largest absolute Gasteiger partial charge is 0.351 e. The van der Waals surface area contributed by atoms with Crippen molar-refractivity contribution < 1.29 is 9.59 Å². The zero-order chi connectivity index (χ0) is 11.3. The van der Waals surface area contributed by atoms with Crippen LogP contribution in [0.5, 0.6) is 0 Å². The number of carbonyl (C=O) groups is 2. The normalized spacial score (nSPS) is 20.2. The Hall–Kier alpha value is -0.850. The van der Waals surface area contributed by atoms with Crippen LogP contribution >= 0.6 is 12.4 Å². The van der Waals surface area contributed by atoms with E-state index >= 15 is 0 Å². The molecule has 1 aliphatic rings. The molecule has 1 unspecified atom stereocenters. The molecule has 0 radical (unpaired) electrons.